The van der Waals surface area contributed by atoms with E-state index in [0.29, 0.717) is 33.1 Å². The molecule has 0 saturated carbocycles. The van der Waals surface area contributed by atoms with E-state index in [1.54, 1.807) is 18.2 Å². The highest BCUT2D eigenvalue weighted by atomic mass is 35.5. The summed E-state index contributed by atoms with van der Waals surface area (Å²) in [5, 5.41) is 5.34. The smallest absolute Gasteiger partial charge is 0.248 e. The first-order valence-corrected chi connectivity index (χ1v) is 8.68. The number of aromatic nitrogens is 2. The van der Waals surface area contributed by atoms with Gasteiger partial charge in [-0.2, -0.15) is 0 Å². The van der Waals surface area contributed by atoms with Crippen molar-refractivity contribution in [3.05, 3.63) is 45.7 Å². The number of nitrogens with zero attached hydrogens (tertiary/aromatic N) is 2. The summed E-state index contributed by atoms with van der Waals surface area (Å²) in [6, 6.07) is 3.16. The molecule has 0 radical (unpaired) electrons. The van der Waals surface area contributed by atoms with Crippen molar-refractivity contribution in [2.75, 3.05) is 19.5 Å². The minimum absolute atomic E-state index is 0.335. The monoisotopic (exact) mass is 397 g/mol. The van der Waals surface area contributed by atoms with E-state index in [9.17, 15) is 4.79 Å². The molecule has 0 fully saturated rings. The van der Waals surface area contributed by atoms with Crippen LogP contribution in [0.5, 0.6) is 11.5 Å². The molecule has 0 atom stereocenters. The first-order chi connectivity index (χ1) is 12.0. The number of fused-ring (bicyclic) bond motifs is 1. The summed E-state index contributed by atoms with van der Waals surface area (Å²) in [6.07, 6.45) is 4.81. The number of hydrogen-bond acceptors (Lipinski definition) is 5. The Labute approximate surface area is 157 Å². The molecule has 1 aromatic carbocycles. The van der Waals surface area contributed by atoms with Gasteiger partial charge >= 0.3 is 0 Å². The van der Waals surface area contributed by atoms with Gasteiger partial charge in [0.1, 0.15) is 11.5 Å². The van der Waals surface area contributed by atoms with Gasteiger partial charge < -0.3 is 14.8 Å². The zero-order valence-corrected chi connectivity index (χ0v) is 15.6. The number of hydrogen-bond donors (Lipinski definition) is 1. The molecule has 2 aromatic heterocycles. The lowest BCUT2D eigenvalue weighted by Gasteiger charge is -2.12. The largest absolute Gasteiger partial charge is 0.495 e. The Balaban J connectivity index is 1.83. The number of anilines is 1. The van der Waals surface area contributed by atoms with Gasteiger partial charge in [-0.05, 0) is 6.08 Å². The standard InChI is InChI=1S/C16H13Cl2N3O3S/c1-23-12-8-10(13(24-2)7-9(12)17)19-14(22)4-3-11-15(18)20-16-21(11)5-6-25-16/h3-8H,1-2H3,(H,19,22)/b4-3+. The number of benzene rings is 1. The van der Waals surface area contributed by atoms with Crippen LogP contribution >= 0.6 is 34.5 Å². The zero-order chi connectivity index (χ0) is 18.0. The third-order valence-corrected chi connectivity index (χ3v) is 4.71. The molecule has 3 rings (SSSR count). The third-order valence-electron chi connectivity index (χ3n) is 3.38. The van der Waals surface area contributed by atoms with E-state index in [-0.39, 0.29) is 5.91 Å². The molecular weight excluding hydrogens is 385 g/mol. The van der Waals surface area contributed by atoms with Crippen molar-refractivity contribution < 1.29 is 14.3 Å². The van der Waals surface area contributed by atoms with Gasteiger partial charge in [0.05, 0.1) is 30.6 Å². The molecule has 0 aliphatic carbocycles. The molecule has 9 heteroatoms. The number of carbonyl (C=O) groups excluding carboxylic acids is 1. The molecule has 1 amide bonds. The van der Waals surface area contributed by atoms with Crippen molar-refractivity contribution >= 4 is 57.2 Å². The van der Waals surface area contributed by atoms with E-state index in [1.165, 1.54) is 31.6 Å². The van der Waals surface area contributed by atoms with Crippen LogP contribution in [0.25, 0.3) is 11.0 Å². The third kappa shape index (κ3) is 3.58. The van der Waals surface area contributed by atoms with E-state index in [0.717, 1.165) is 4.96 Å². The maximum atomic E-state index is 12.2. The van der Waals surface area contributed by atoms with Crippen molar-refractivity contribution in [2.24, 2.45) is 0 Å². The number of ether oxygens (including phenoxy) is 2. The molecule has 0 unspecified atom stereocenters. The number of halogens is 2. The molecule has 25 heavy (non-hydrogen) atoms. The Kier molecular flexibility index (Phi) is 5.17. The fourth-order valence-electron chi connectivity index (χ4n) is 2.21. The first kappa shape index (κ1) is 17.6. The van der Waals surface area contributed by atoms with E-state index < -0.39 is 0 Å². The van der Waals surface area contributed by atoms with Crippen LogP contribution in [-0.2, 0) is 4.79 Å². The van der Waals surface area contributed by atoms with Crippen LogP contribution in [0.2, 0.25) is 10.2 Å². The Bertz CT molecular complexity index is 965. The van der Waals surface area contributed by atoms with Crippen LogP contribution < -0.4 is 14.8 Å². The lowest BCUT2D eigenvalue weighted by Crippen LogP contribution is -2.09. The minimum Gasteiger partial charge on any atom is -0.495 e. The van der Waals surface area contributed by atoms with Gasteiger partial charge in [-0.25, -0.2) is 4.98 Å². The summed E-state index contributed by atoms with van der Waals surface area (Å²) in [7, 11) is 2.98. The van der Waals surface area contributed by atoms with Crippen molar-refractivity contribution in [1.82, 2.24) is 9.38 Å². The Morgan fingerprint density at radius 1 is 1.28 bits per heavy atom. The highest BCUT2D eigenvalue weighted by Gasteiger charge is 2.12. The van der Waals surface area contributed by atoms with E-state index >= 15 is 0 Å². The maximum absolute atomic E-state index is 12.2. The average molecular weight is 398 g/mol. The van der Waals surface area contributed by atoms with Crippen LogP contribution in [-0.4, -0.2) is 29.5 Å². The molecule has 6 nitrogen and oxygen atoms in total. The Hall–Kier alpha value is -2.22. The Morgan fingerprint density at radius 3 is 2.76 bits per heavy atom. The van der Waals surface area contributed by atoms with Gasteiger partial charge in [0, 0.05) is 29.8 Å². The van der Waals surface area contributed by atoms with Crippen LogP contribution in [0.4, 0.5) is 5.69 Å². The fourth-order valence-corrected chi connectivity index (χ4v) is 3.45. The number of methoxy groups -OCH3 is 2. The summed E-state index contributed by atoms with van der Waals surface area (Å²) >= 11 is 13.6. The predicted molar refractivity (Wildman–Crippen MR) is 100 cm³/mol. The fraction of sp³-hybridized carbons (Fsp3) is 0.125. The first-order valence-electron chi connectivity index (χ1n) is 7.05. The van der Waals surface area contributed by atoms with E-state index in [1.807, 2.05) is 16.0 Å². The second-order valence-electron chi connectivity index (χ2n) is 4.85. The molecule has 0 saturated heterocycles. The molecule has 0 bridgehead atoms. The van der Waals surface area contributed by atoms with Crippen LogP contribution in [0.15, 0.2) is 29.8 Å². The summed E-state index contributed by atoms with van der Waals surface area (Å²) < 4.78 is 12.2. The SMILES string of the molecule is COc1cc(NC(=O)/C=C/c2c(Cl)nc3sccn23)c(OC)cc1Cl. The van der Waals surface area contributed by atoms with Crippen LogP contribution in [0.1, 0.15) is 5.69 Å². The lowest BCUT2D eigenvalue weighted by atomic mass is 10.2. The molecular formula is C16H13Cl2N3O3S. The van der Waals surface area contributed by atoms with Crippen molar-refractivity contribution in [2.45, 2.75) is 0 Å². The van der Waals surface area contributed by atoms with Crippen molar-refractivity contribution in [1.29, 1.82) is 0 Å². The predicted octanol–water partition coefficient (Wildman–Crippen LogP) is 4.37. The van der Waals surface area contributed by atoms with Crippen molar-refractivity contribution in [3.63, 3.8) is 0 Å². The molecule has 2 heterocycles. The molecule has 0 spiro atoms. The second-order valence-corrected chi connectivity index (χ2v) is 6.49. The quantitative estimate of drug-likeness (QED) is 0.649. The normalized spacial score (nSPS) is 11.2. The Morgan fingerprint density at radius 2 is 2.04 bits per heavy atom. The summed E-state index contributed by atoms with van der Waals surface area (Å²) in [6.45, 7) is 0. The zero-order valence-electron chi connectivity index (χ0n) is 13.2. The number of imidazole rings is 1. The highest BCUT2D eigenvalue weighted by molar-refractivity contribution is 7.15. The van der Waals surface area contributed by atoms with E-state index in [2.05, 4.69) is 10.3 Å². The topological polar surface area (TPSA) is 64.9 Å². The summed E-state index contributed by atoms with van der Waals surface area (Å²) in [5.41, 5.74) is 1.08. The van der Waals surface area contributed by atoms with Gasteiger partial charge in [0.2, 0.25) is 5.91 Å². The lowest BCUT2D eigenvalue weighted by molar-refractivity contribution is -0.111. The average Bonchev–Trinajstić information content (AvgIpc) is 3.14. The molecule has 1 N–H and O–H groups in total. The van der Waals surface area contributed by atoms with Gasteiger partial charge in [0.15, 0.2) is 10.1 Å². The summed E-state index contributed by atoms with van der Waals surface area (Å²) in [5.74, 6) is 0.500. The number of rotatable bonds is 5. The summed E-state index contributed by atoms with van der Waals surface area (Å²) in [4.78, 5) is 17.2. The van der Waals surface area contributed by atoms with E-state index in [4.69, 9.17) is 32.7 Å². The second kappa shape index (κ2) is 7.35. The van der Waals surface area contributed by atoms with Gasteiger partial charge in [-0.1, -0.05) is 23.2 Å². The van der Waals surface area contributed by atoms with Crippen LogP contribution in [0, 0.1) is 0 Å². The number of amides is 1. The van der Waals surface area contributed by atoms with Gasteiger partial charge in [0.25, 0.3) is 0 Å². The molecule has 0 aliphatic rings. The number of nitrogens with one attached hydrogen (secondary N) is 1. The molecule has 0 aliphatic heterocycles. The number of carbonyl (C=O) groups is 1. The molecule has 130 valence electrons. The molecule has 3 aromatic rings. The highest BCUT2D eigenvalue weighted by Crippen LogP contribution is 2.35. The van der Waals surface area contributed by atoms with Crippen LogP contribution in [0.3, 0.4) is 0 Å². The minimum atomic E-state index is -0.357. The van der Waals surface area contributed by atoms with Gasteiger partial charge in [-0.15, -0.1) is 11.3 Å². The maximum Gasteiger partial charge on any atom is 0.248 e. The van der Waals surface area contributed by atoms with Crippen molar-refractivity contribution in [3.8, 4) is 11.5 Å². The number of thiazole rings is 1. The van der Waals surface area contributed by atoms with Gasteiger partial charge in [-0.3, -0.25) is 9.20 Å².